The molecule has 0 spiro atoms. The maximum Gasteiger partial charge on any atom is 0.258 e. The summed E-state index contributed by atoms with van der Waals surface area (Å²) in [5.41, 5.74) is 0.758. The van der Waals surface area contributed by atoms with E-state index in [-0.39, 0.29) is 18.3 Å². The van der Waals surface area contributed by atoms with Gasteiger partial charge in [-0.3, -0.25) is 9.59 Å². The minimum atomic E-state index is -0.759. The summed E-state index contributed by atoms with van der Waals surface area (Å²) in [5, 5.41) is 7.46. The van der Waals surface area contributed by atoms with Crippen LogP contribution in [0.3, 0.4) is 0 Å². The molecule has 0 saturated carbocycles. The molecule has 2 atom stereocenters. The van der Waals surface area contributed by atoms with Crippen LogP contribution < -0.4 is 15.4 Å². The summed E-state index contributed by atoms with van der Waals surface area (Å²) >= 11 is 1.49. The minimum absolute atomic E-state index is 0.187. The Bertz CT molecular complexity index is 930. The van der Waals surface area contributed by atoms with Crippen LogP contribution in [0.25, 0.3) is 0 Å². The van der Waals surface area contributed by atoms with Gasteiger partial charge in [-0.2, -0.15) is 0 Å². The average molecular weight is 412 g/mol. The van der Waals surface area contributed by atoms with E-state index in [1.54, 1.807) is 31.2 Å². The molecule has 0 aliphatic heterocycles. The van der Waals surface area contributed by atoms with Gasteiger partial charge in [0.05, 0.1) is 6.04 Å². The molecule has 0 bridgehead atoms. The highest BCUT2D eigenvalue weighted by Gasteiger charge is 2.22. The summed E-state index contributed by atoms with van der Waals surface area (Å²) in [6, 6.07) is 17.5. The van der Waals surface area contributed by atoms with Crippen LogP contribution in [0.4, 0.5) is 4.39 Å². The van der Waals surface area contributed by atoms with E-state index in [0.29, 0.717) is 5.75 Å². The van der Waals surface area contributed by atoms with Gasteiger partial charge in [-0.15, -0.1) is 11.3 Å². The van der Waals surface area contributed by atoms with Crippen molar-refractivity contribution in [3.8, 4) is 5.75 Å². The maximum absolute atomic E-state index is 13.3. The van der Waals surface area contributed by atoms with Crippen molar-refractivity contribution < 1.29 is 18.7 Å². The molecule has 5 nitrogen and oxygen atoms in total. The fraction of sp³-hybridized carbons (Fsp3) is 0.182. The van der Waals surface area contributed by atoms with Crippen molar-refractivity contribution in [2.45, 2.75) is 19.0 Å². The summed E-state index contributed by atoms with van der Waals surface area (Å²) < 4.78 is 18.7. The van der Waals surface area contributed by atoms with Crippen molar-refractivity contribution >= 4 is 23.2 Å². The van der Waals surface area contributed by atoms with Crippen LogP contribution in [0, 0.1) is 5.82 Å². The average Bonchev–Trinajstić information content (AvgIpc) is 3.26. The van der Waals surface area contributed by atoms with Crippen LogP contribution in [0.15, 0.2) is 72.1 Å². The minimum Gasteiger partial charge on any atom is -0.484 e. The van der Waals surface area contributed by atoms with Crippen LogP contribution >= 0.6 is 11.3 Å². The number of amides is 2. The zero-order chi connectivity index (χ0) is 20.6. The second-order valence-electron chi connectivity index (χ2n) is 6.40. The molecule has 2 N–H and O–H groups in total. The van der Waals surface area contributed by atoms with E-state index in [2.05, 4.69) is 10.6 Å². The normalized spacial score (nSPS) is 12.6. The van der Waals surface area contributed by atoms with Gasteiger partial charge in [-0.1, -0.05) is 36.4 Å². The van der Waals surface area contributed by atoms with Crippen LogP contribution in [0.5, 0.6) is 5.75 Å². The zero-order valence-electron chi connectivity index (χ0n) is 15.8. The molecule has 7 heteroatoms. The molecule has 29 heavy (non-hydrogen) atoms. The Morgan fingerprint density at radius 3 is 2.38 bits per heavy atom. The van der Waals surface area contributed by atoms with E-state index < -0.39 is 18.0 Å². The third-order valence-corrected chi connectivity index (χ3v) is 5.14. The molecule has 2 unspecified atom stereocenters. The predicted molar refractivity (Wildman–Crippen MR) is 110 cm³/mol. The Morgan fingerprint density at radius 1 is 1.00 bits per heavy atom. The molecule has 0 saturated heterocycles. The third kappa shape index (κ3) is 5.89. The van der Waals surface area contributed by atoms with Crippen LogP contribution in [0.2, 0.25) is 0 Å². The van der Waals surface area contributed by atoms with Crippen LogP contribution in [-0.2, 0) is 9.59 Å². The molecular formula is C22H21FN2O3S. The van der Waals surface area contributed by atoms with Gasteiger partial charge in [0.2, 0.25) is 5.91 Å². The van der Waals surface area contributed by atoms with E-state index in [0.717, 1.165) is 10.4 Å². The Hall–Kier alpha value is -3.19. The number of rotatable bonds is 8. The molecular weight excluding hydrogens is 391 g/mol. The monoisotopic (exact) mass is 412 g/mol. The number of nitrogens with one attached hydrogen (secondary N) is 2. The second kappa shape index (κ2) is 9.84. The first-order valence-corrected chi connectivity index (χ1v) is 9.97. The fourth-order valence-electron chi connectivity index (χ4n) is 2.71. The first-order valence-electron chi connectivity index (χ1n) is 9.09. The van der Waals surface area contributed by atoms with Gasteiger partial charge in [0.25, 0.3) is 5.91 Å². The van der Waals surface area contributed by atoms with E-state index in [1.807, 2.05) is 35.7 Å². The van der Waals surface area contributed by atoms with Gasteiger partial charge >= 0.3 is 0 Å². The van der Waals surface area contributed by atoms with Crippen molar-refractivity contribution in [1.29, 1.82) is 0 Å². The van der Waals surface area contributed by atoms with Crippen LogP contribution in [0.1, 0.15) is 23.4 Å². The van der Waals surface area contributed by atoms with Crippen LogP contribution in [-0.4, -0.2) is 24.5 Å². The third-order valence-electron chi connectivity index (χ3n) is 4.20. The number of ether oxygens (including phenoxy) is 1. The predicted octanol–water partition coefficient (Wildman–Crippen LogP) is 3.68. The number of carbonyl (C=O) groups is 2. The van der Waals surface area contributed by atoms with E-state index in [1.165, 1.54) is 23.5 Å². The molecule has 0 aliphatic rings. The lowest BCUT2D eigenvalue weighted by molar-refractivity contribution is -0.129. The first-order chi connectivity index (χ1) is 14.0. The standard InChI is InChI=1S/C22H21FN2O3S/c1-15(24-20(26)14-28-18-6-3-2-4-7-18)22(27)25-21(19-8-5-13-29-19)16-9-11-17(23)12-10-16/h2-13,15,21H,14H2,1H3,(H,24,26)(H,25,27). The summed E-state index contributed by atoms with van der Waals surface area (Å²) in [6.07, 6.45) is 0. The first kappa shape index (κ1) is 20.5. The Balaban J connectivity index is 1.60. The van der Waals surface area contributed by atoms with Crippen molar-refractivity contribution in [3.63, 3.8) is 0 Å². The lowest BCUT2D eigenvalue weighted by atomic mass is 10.0. The fourth-order valence-corrected chi connectivity index (χ4v) is 3.51. The van der Waals surface area contributed by atoms with Crippen molar-refractivity contribution in [3.05, 3.63) is 88.4 Å². The number of hydrogen-bond donors (Lipinski definition) is 2. The largest absolute Gasteiger partial charge is 0.484 e. The summed E-state index contributed by atoms with van der Waals surface area (Å²) in [6.45, 7) is 1.42. The van der Waals surface area contributed by atoms with Gasteiger partial charge in [0.15, 0.2) is 6.61 Å². The van der Waals surface area contributed by atoms with Gasteiger partial charge in [-0.25, -0.2) is 4.39 Å². The van der Waals surface area contributed by atoms with E-state index >= 15 is 0 Å². The van der Waals surface area contributed by atoms with Gasteiger partial charge in [-0.05, 0) is 48.2 Å². The molecule has 2 amide bonds. The number of para-hydroxylation sites is 1. The molecule has 3 aromatic rings. The molecule has 3 rings (SSSR count). The molecule has 0 aliphatic carbocycles. The topological polar surface area (TPSA) is 67.4 Å². The quantitative estimate of drug-likeness (QED) is 0.593. The highest BCUT2D eigenvalue weighted by molar-refractivity contribution is 7.10. The van der Waals surface area contributed by atoms with E-state index in [9.17, 15) is 14.0 Å². The van der Waals surface area contributed by atoms with Gasteiger partial charge in [0, 0.05) is 4.88 Å². The summed E-state index contributed by atoms with van der Waals surface area (Å²) in [4.78, 5) is 25.7. The van der Waals surface area contributed by atoms with Gasteiger partial charge in [0.1, 0.15) is 17.6 Å². The molecule has 1 heterocycles. The Morgan fingerprint density at radius 2 is 1.72 bits per heavy atom. The highest BCUT2D eigenvalue weighted by Crippen LogP contribution is 2.26. The molecule has 150 valence electrons. The Labute approximate surface area is 172 Å². The van der Waals surface area contributed by atoms with E-state index in [4.69, 9.17) is 4.74 Å². The smallest absolute Gasteiger partial charge is 0.258 e. The second-order valence-corrected chi connectivity index (χ2v) is 7.38. The summed E-state index contributed by atoms with van der Waals surface area (Å²) in [5.74, 6) is -0.510. The lowest BCUT2D eigenvalue weighted by Crippen LogP contribution is -2.47. The lowest BCUT2D eigenvalue weighted by Gasteiger charge is -2.21. The van der Waals surface area contributed by atoms with Gasteiger partial charge < -0.3 is 15.4 Å². The molecule has 0 fully saturated rings. The van der Waals surface area contributed by atoms with Crippen molar-refractivity contribution in [2.75, 3.05) is 6.61 Å². The summed E-state index contributed by atoms with van der Waals surface area (Å²) in [7, 11) is 0. The molecule has 1 aromatic heterocycles. The number of benzene rings is 2. The Kier molecular flexibility index (Phi) is 6.97. The van der Waals surface area contributed by atoms with Crippen molar-refractivity contribution in [2.24, 2.45) is 0 Å². The highest BCUT2D eigenvalue weighted by atomic mass is 32.1. The molecule has 2 aromatic carbocycles. The maximum atomic E-state index is 13.3. The van der Waals surface area contributed by atoms with Crippen molar-refractivity contribution in [1.82, 2.24) is 10.6 Å². The SMILES string of the molecule is CC(NC(=O)COc1ccccc1)C(=O)NC(c1ccc(F)cc1)c1cccs1. The number of hydrogen-bond acceptors (Lipinski definition) is 4. The number of thiophene rings is 1. The number of carbonyl (C=O) groups excluding carboxylic acids is 2. The zero-order valence-corrected chi connectivity index (χ0v) is 16.6. The molecule has 0 radical (unpaired) electrons. The number of halogens is 1.